The van der Waals surface area contributed by atoms with Crippen molar-refractivity contribution in [2.75, 3.05) is 10.7 Å². The van der Waals surface area contributed by atoms with Crippen LogP contribution in [0.25, 0.3) is 0 Å². The van der Waals surface area contributed by atoms with Gasteiger partial charge in [-0.05, 0) is 30.7 Å². The molecule has 0 unspecified atom stereocenters. The fourth-order valence-corrected chi connectivity index (χ4v) is 1.86. The second-order valence-corrected chi connectivity index (χ2v) is 4.31. The van der Waals surface area contributed by atoms with Gasteiger partial charge < -0.3 is 10.7 Å². The molecule has 0 bridgehead atoms. The number of carbonyl (C=O) groups is 1. The molecule has 2 aromatic rings. The first-order valence-corrected chi connectivity index (χ1v) is 6.00. The molecule has 0 radical (unpaired) electrons. The van der Waals surface area contributed by atoms with Crippen molar-refractivity contribution in [1.29, 1.82) is 0 Å². The Morgan fingerprint density at radius 1 is 1.38 bits per heavy atom. The van der Waals surface area contributed by atoms with Crippen LogP contribution in [0.15, 0.2) is 36.7 Å². The van der Waals surface area contributed by atoms with E-state index in [4.69, 9.17) is 5.84 Å². The van der Waals surface area contributed by atoms with E-state index in [1.54, 1.807) is 12.3 Å². The van der Waals surface area contributed by atoms with Crippen LogP contribution in [0.3, 0.4) is 0 Å². The zero-order valence-corrected chi connectivity index (χ0v) is 11.2. The Balaban J connectivity index is 2.37. The minimum atomic E-state index is -0.654. The van der Waals surface area contributed by atoms with Gasteiger partial charge >= 0.3 is 5.69 Å². The number of amides is 1. The summed E-state index contributed by atoms with van der Waals surface area (Å²) in [6.45, 7) is 1.82. The van der Waals surface area contributed by atoms with Crippen LogP contribution in [0.2, 0.25) is 0 Å². The maximum Gasteiger partial charge on any atom is 0.306 e. The van der Waals surface area contributed by atoms with Gasteiger partial charge in [0.2, 0.25) is 0 Å². The summed E-state index contributed by atoms with van der Waals surface area (Å²) in [4.78, 5) is 26.6. The molecule has 0 saturated heterocycles. The van der Waals surface area contributed by atoms with Gasteiger partial charge in [0.05, 0.1) is 16.8 Å². The van der Waals surface area contributed by atoms with E-state index in [1.807, 2.05) is 6.92 Å². The third-order valence-electron chi connectivity index (χ3n) is 2.75. The number of aryl methyl sites for hydroxylation is 1. The molecule has 0 aliphatic rings. The van der Waals surface area contributed by atoms with E-state index in [9.17, 15) is 14.9 Å². The Hall–Kier alpha value is -3.00. The normalized spacial score (nSPS) is 10.0. The van der Waals surface area contributed by atoms with Gasteiger partial charge in [-0.15, -0.1) is 0 Å². The number of nitrogens with one attached hydrogen (secondary N) is 2. The highest BCUT2D eigenvalue weighted by atomic mass is 16.6. The molecule has 1 aromatic heterocycles. The summed E-state index contributed by atoms with van der Waals surface area (Å²) >= 11 is 0. The van der Waals surface area contributed by atoms with Crippen molar-refractivity contribution in [1.82, 2.24) is 4.98 Å². The van der Waals surface area contributed by atoms with Crippen molar-refractivity contribution >= 4 is 23.0 Å². The van der Waals surface area contributed by atoms with Crippen molar-refractivity contribution in [3.05, 3.63) is 57.9 Å². The van der Waals surface area contributed by atoms with Crippen molar-refractivity contribution in [2.24, 2.45) is 5.84 Å². The molecule has 1 aromatic carbocycles. The summed E-state index contributed by atoms with van der Waals surface area (Å²) in [5.41, 5.74) is 3.13. The van der Waals surface area contributed by atoms with Crippen LogP contribution in [0, 0.1) is 17.0 Å². The zero-order valence-electron chi connectivity index (χ0n) is 11.2. The molecule has 0 saturated carbocycles. The summed E-state index contributed by atoms with van der Waals surface area (Å²) in [6, 6.07) is 5.99. The van der Waals surface area contributed by atoms with Gasteiger partial charge in [0.25, 0.3) is 5.91 Å². The Morgan fingerprint density at radius 2 is 2.14 bits per heavy atom. The summed E-state index contributed by atoms with van der Waals surface area (Å²) in [6.07, 6.45) is 3.10. The molecule has 1 heterocycles. The predicted octanol–water partition coefficient (Wildman–Crippen LogP) is 1.84. The van der Waals surface area contributed by atoms with Crippen LogP contribution in [-0.4, -0.2) is 15.8 Å². The number of pyridine rings is 1. The molecular weight excluding hydrogens is 274 g/mol. The smallest absolute Gasteiger partial charge is 0.306 e. The minimum absolute atomic E-state index is 0.0648. The quantitative estimate of drug-likeness (QED) is 0.448. The maximum absolute atomic E-state index is 12.2. The SMILES string of the molecule is Cc1cncc(NC(=O)c2cccc(NN)c2[N+](=O)[O-])c1. The average Bonchev–Trinajstić information content (AvgIpc) is 2.46. The highest BCUT2D eigenvalue weighted by molar-refractivity contribution is 6.08. The van der Waals surface area contributed by atoms with Gasteiger partial charge in [-0.1, -0.05) is 6.07 Å². The predicted molar refractivity (Wildman–Crippen MR) is 77.8 cm³/mol. The number of hydrogen-bond acceptors (Lipinski definition) is 6. The summed E-state index contributed by atoms with van der Waals surface area (Å²) in [7, 11) is 0. The van der Waals surface area contributed by atoms with Crippen molar-refractivity contribution in [3.63, 3.8) is 0 Å². The summed E-state index contributed by atoms with van der Waals surface area (Å²) in [5.74, 6) is 4.63. The second kappa shape index (κ2) is 5.97. The van der Waals surface area contributed by atoms with E-state index in [0.717, 1.165) is 5.56 Å². The largest absolute Gasteiger partial charge is 0.320 e. The molecule has 4 N–H and O–H groups in total. The van der Waals surface area contributed by atoms with E-state index >= 15 is 0 Å². The molecule has 0 aliphatic heterocycles. The minimum Gasteiger partial charge on any atom is -0.320 e. The number of para-hydroxylation sites is 1. The Morgan fingerprint density at radius 3 is 2.76 bits per heavy atom. The monoisotopic (exact) mass is 287 g/mol. The number of hydrogen-bond donors (Lipinski definition) is 3. The van der Waals surface area contributed by atoms with Gasteiger partial charge in [0.15, 0.2) is 0 Å². The van der Waals surface area contributed by atoms with E-state index < -0.39 is 10.8 Å². The standard InChI is InChI=1S/C13H13N5O3/c1-8-5-9(7-15-6-8)16-13(19)10-3-2-4-11(17-14)12(10)18(20)21/h2-7,17H,14H2,1H3,(H,16,19). The zero-order chi connectivity index (χ0) is 15.4. The van der Waals surface area contributed by atoms with Crippen LogP contribution in [0.5, 0.6) is 0 Å². The molecule has 21 heavy (non-hydrogen) atoms. The first-order chi connectivity index (χ1) is 10.0. The molecule has 108 valence electrons. The first kappa shape index (κ1) is 14.4. The fourth-order valence-electron chi connectivity index (χ4n) is 1.86. The molecule has 2 rings (SSSR count). The third kappa shape index (κ3) is 3.12. The first-order valence-electron chi connectivity index (χ1n) is 6.00. The number of aromatic nitrogens is 1. The second-order valence-electron chi connectivity index (χ2n) is 4.31. The van der Waals surface area contributed by atoms with E-state index in [1.165, 1.54) is 24.4 Å². The summed E-state index contributed by atoms with van der Waals surface area (Å²) in [5, 5.41) is 13.7. The number of anilines is 2. The van der Waals surface area contributed by atoms with Gasteiger partial charge in [-0.2, -0.15) is 0 Å². The number of hydrazine groups is 1. The van der Waals surface area contributed by atoms with Crippen LogP contribution in [0.1, 0.15) is 15.9 Å². The number of nitrogens with two attached hydrogens (primary N) is 1. The van der Waals surface area contributed by atoms with Gasteiger partial charge in [0, 0.05) is 6.20 Å². The highest BCUT2D eigenvalue weighted by Crippen LogP contribution is 2.28. The summed E-state index contributed by atoms with van der Waals surface area (Å²) < 4.78 is 0. The number of nitro benzene ring substituents is 1. The Bertz CT molecular complexity index is 702. The highest BCUT2D eigenvalue weighted by Gasteiger charge is 2.24. The molecule has 8 nitrogen and oxygen atoms in total. The third-order valence-corrected chi connectivity index (χ3v) is 2.75. The maximum atomic E-state index is 12.2. The van der Waals surface area contributed by atoms with Gasteiger partial charge in [-0.25, -0.2) is 0 Å². The lowest BCUT2D eigenvalue weighted by atomic mass is 10.1. The number of nitrogen functional groups attached to an aromatic ring is 1. The van der Waals surface area contributed by atoms with Crippen molar-refractivity contribution in [2.45, 2.75) is 6.92 Å². The van der Waals surface area contributed by atoms with E-state index in [0.29, 0.717) is 5.69 Å². The van der Waals surface area contributed by atoms with Gasteiger partial charge in [0.1, 0.15) is 11.3 Å². The number of rotatable bonds is 4. The van der Waals surface area contributed by atoms with Crippen molar-refractivity contribution < 1.29 is 9.72 Å². The molecule has 8 heteroatoms. The van der Waals surface area contributed by atoms with E-state index in [2.05, 4.69) is 15.7 Å². The lowest BCUT2D eigenvalue weighted by Gasteiger charge is -2.08. The Labute approximate surface area is 120 Å². The average molecular weight is 287 g/mol. The lowest BCUT2D eigenvalue weighted by Crippen LogP contribution is -2.16. The number of benzene rings is 1. The molecule has 1 amide bonds. The lowest BCUT2D eigenvalue weighted by molar-refractivity contribution is -0.384. The number of nitro groups is 1. The molecule has 0 fully saturated rings. The number of nitrogens with zero attached hydrogens (tertiary/aromatic N) is 2. The Kier molecular flexibility index (Phi) is 4.10. The molecular formula is C13H13N5O3. The van der Waals surface area contributed by atoms with Crippen LogP contribution >= 0.6 is 0 Å². The number of carbonyl (C=O) groups excluding carboxylic acids is 1. The van der Waals surface area contributed by atoms with Crippen LogP contribution in [-0.2, 0) is 0 Å². The topological polar surface area (TPSA) is 123 Å². The fraction of sp³-hybridized carbons (Fsp3) is 0.0769. The molecule has 0 aliphatic carbocycles. The molecule has 0 atom stereocenters. The van der Waals surface area contributed by atoms with Crippen LogP contribution in [0.4, 0.5) is 17.1 Å². The van der Waals surface area contributed by atoms with Crippen LogP contribution < -0.4 is 16.6 Å². The van der Waals surface area contributed by atoms with Crippen molar-refractivity contribution in [3.8, 4) is 0 Å². The van der Waals surface area contributed by atoms with E-state index in [-0.39, 0.29) is 16.9 Å². The molecule has 0 spiro atoms. The van der Waals surface area contributed by atoms with Gasteiger partial charge in [-0.3, -0.25) is 25.7 Å².